The van der Waals surface area contributed by atoms with E-state index in [0.717, 1.165) is 4.88 Å². The van der Waals surface area contributed by atoms with Gasteiger partial charge < -0.3 is 5.32 Å². The van der Waals surface area contributed by atoms with Crippen molar-refractivity contribution in [1.29, 1.82) is 0 Å². The molecule has 6 heteroatoms. The third-order valence-electron chi connectivity index (χ3n) is 2.79. The zero-order valence-corrected chi connectivity index (χ0v) is 12.6. The van der Waals surface area contributed by atoms with Crippen LogP contribution in [-0.4, -0.2) is 11.0 Å². The van der Waals surface area contributed by atoms with Crippen LogP contribution >= 0.6 is 35.2 Å². The summed E-state index contributed by atoms with van der Waals surface area (Å²) in [4.78, 5) is 14.9. The molecule has 1 aliphatic heterocycles. The molecule has 0 saturated carbocycles. The number of amides is 1. The minimum atomic E-state index is -0.161. The molecular weight excluding hydrogens is 312 g/mol. The van der Waals surface area contributed by atoms with E-state index in [4.69, 9.17) is 23.8 Å². The maximum Gasteiger partial charge on any atom is 0.281 e. The summed E-state index contributed by atoms with van der Waals surface area (Å²) in [5.74, 6) is -0.161. The van der Waals surface area contributed by atoms with Crippen molar-refractivity contribution in [3.05, 3.63) is 57.4 Å². The quantitative estimate of drug-likeness (QED) is 0.677. The lowest BCUT2D eigenvalue weighted by atomic mass is 10.3. The Labute approximate surface area is 130 Å². The number of rotatable bonds is 2. The van der Waals surface area contributed by atoms with E-state index in [1.165, 1.54) is 4.90 Å². The van der Waals surface area contributed by atoms with Gasteiger partial charge in [0.1, 0.15) is 5.70 Å². The van der Waals surface area contributed by atoms with Crippen molar-refractivity contribution in [2.24, 2.45) is 0 Å². The first-order chi connectivity index (χ1) is 9.65. The molecule has 2 aromatic rings. The number of thiocarbonyl (C=S) groups is 1. The zero-order chi connectivity index (χ0) is 14.1. The molecule has 2 heterocycles. The lowest BCUT2D eigenvalue weighted by molar-refractivity contribution is -0.113. The molecule has 0 atom stereocenters. The Morgan fingerprint density at radius 3 is 2.65 bits per heavy atom. The van der Waals surface area contributed by atoms with Crippen molar-refractivity contribution in [2.75, 3.05) is 4.90 Å². The molecule has 20 heavy (non-hydrogen) atoms. The topological polar surface area (TPSA) is 32.3 Å². The Bertz CT molecular complexity index is 692. The van der Waals surface area contributed by atoms with Gasteiger partial charge in [-0.25, -0.2) is 0 Å². The average molecular weight is 321 g/mol. The molecule has 0 aliphatic carbocycles. The van der Waals surface area contributed by atoms with E-state index in [0.29, 0.717) is 21.5 Å². The molecule has 1 aromatic carbocycles. The van der Waals surface area contributed by atoms with Gasteiger partial charge in [-0.1, -0.05) is 17.7 Å². The maximum absolute atomic E-state index is 12.4. The SMILES string of the molecule is O=C1C(=Cc2cccs2)NC(=S)N1c1ccc(Cl)cc1. The lowest BCUT2D eigenvalue weighted by Gasteiger charge is -2.13. The number of thiophene rings is 1. The van der Waals surface area contributed by atoms with Crippen molar-refractivity contribution < 1.29 is 4.79 Å². The average Bonchev–Trinajstić information content (AvgIpc) is 3.02. The predicted molar refractivity (Wildman–Crippen MR) is 87.0 cm³/mol. The van der Waals surface area contributed by atoms with Crippen LogP contribution in [0.3, 0.4) is 0 Å². The number of hydrogen-bond donors (Lipinski definition) is 1. The smallest absolute Gasteiger partial charge is 0.281 e. The van der Waals surface area contributed by atoms with Crippen molar-refractivity contribution >= 4 is 57.9 Å². The van der Waals surface area contributed by atoms with Gasteiger partial charge in [0.15, 0.2) is 5.11 Å². The lowest BCUT2D eigenvalue weighted by Crippen LogP contribution is -2.30. The number of halogens is 1. The van der Waals surface area contributed by atoms with Gasteiger partial charge in [0.25, 0.3) is 5.91 Å². The molecule has 0 spiro atoms. The monoisotopic (exact) mass is 320 g/mol. The molecule has 1 fully saturated rings. The van der Waals surface area contributed by atoms with Gasteiger partial charge in [-0.15, -0.1) is 11.3 Å². The van der Waals surface area contributed by atoms with Crippen molar-refractivity contribution in [3.8, 4) is 0 Å². The van der Waals surface area contributed by atoms with Gasteiger partial charge >= 0.3 is 0 Å². The number of benzene rings is 1. The molecule has 0 radical (unpaired) electrons. The van der Waals surface area contributed by atoms with Gasteiger partial charge in [-0.05, 0) is 54.0 Å². The molecule has 0 unspecified atom stereocenters. The number of carbonyl (C=O) groups excluding carboxylic acids is 1. The van der Waals surface area contributed by atoms with Crippen LogP contribution in [0.1, 0.15) is 4.88 Å². The van der Waals surface area contributed by atoms with Gasteiger partial charge in [0.2, 0.25) is 0 Å². The maximum atomic E-state index is 12.4. The van der Waals surface area contributed by atoms with Crippen LogP contribution in [0.5, 0.6) is 0 Å². The molecule has 3 nitrogen and oxygen atoms in total. The van der Waals surface area contributed by atoms with Crippen LogP contribution < -0.4 is 10.2 Å². The van der Waals surface area contributed by atoms with Crippen LogP contribution in [0, 0.1) is 0 Å². The number of anilines is 1. The largest absolute Gasteiger partial charge is 0.327 e. The van der Waals surface area contributed by atoms with E-state index in [1.54, 1.807) is 41.7 Å². The van der Waals surface area contributed by atoms with E-state index >= 15 is 0 Å². The van der Waals surface area contributed by atoms with E-state index in [2.05, 4.69) is 5.32 Å². The number of nitrogens with zero attached hydrogens (tertiary/aromatic N) is 1. The van der Waals surface area contributed by atoms with Gasteiger partial charge in [-0.3, -0.25) is 9.69 Å². The minimum Gasteiger partial charge on any atom is -0.327 e. The Morgan fingerprint density at radius 2 is 2.00 bits per heavy atom. The molecule has 3 rings (SSSR count). The molecular formula is C14H9ClN2OS2. The van der Waals surface area contributed by atoms with Crippen LogP contribution in [0.2, 0.25) is 5.02 Å². The number of carbonyl (C=O) groups is 1. The normalized spacial score (nSPS) is 16.9. The summed E-state index contributed by atoms with van der Waals surface area (Å²) in [7, 11) is 0. The Kier molecular flexibility index (Phi) is 3.56. The van der Waals surface area contributed by atoms with Crippen LogP contribution in [-0.2, 0) is 4.79 Å². The predicted octanol–water partition coefficient (Wildman–Crippen LogP) is 3.66. The zero-order valence-electron chi connectivity index (χ0n) is 10.2. The number of nitrogens with one attached hydrogen (secondary N) is 1. The fraction of sp³-hybridized carbons (Fsp3) is 0. The highest BCUT2D eigenvalue weighted by Crippen LogP contribution is 2.24. The number of hydrogen-bond acceptors (Lipinski definition) is 3. The van der Waals surface area contributed by atoms with Crippen molar-refractivity contribution in [1.82, 2.24) is 5.32 Å². The first-order valence-corrected chi connectivity index (χ1v) is 7.48. The molecule has 1 amide bonds. The van der Waals surface area contributed by atoms with E-state index in [1.807, 2.05) is 17.5 Å². The Hall–Kier alpha value is -1.69. The summed E-state index contributed by atoms with van der Waals surface area (Å²) in [6.07, 6.45) is 1.80. The fourth-order valence-electron chi connectivity index (χ4n) is 1.88. The summed E-state index contributed by atoms with van der Waals surface area (Å²) in [6, 6.07) is 10.9. The highest BCUT2D eigenvalue weighted by Gasteiger charge is 2.31. The second-order valence-electron chi connectivity index (χ2n) is 4.12. The first kappa shape index (κ1) is 13.3. The molecule has 1 saturated heterocycles. The Balaban J connectivity index is 1.93. The highest BCUT2D eigenvalue weighted by atomic mass is 35.5. The molecule has 0 bridgehead atoms. The van der Waals surface area contributed by atoms with E-state index < -0.39 is 0 Å². The third-order valence-corrected chi connectivity index (χ3v) is 4.15. The second-order valence-corrected chi connectivity index (χ2v) is 5.92. The molecule has 1 N–H and O–H groups in total. The summed E-state index contributed by atoms with van der Waals surface area (Å²) in [5, 5.41) is 5.90. The van der Waals surface area contributed by atoms with Crippen LogP contribution in [0.4, 0.5) is 5.69 Å². The summed E-state index contributed by atoms with van der Waals surface area (Å²) in [5.41, 5.74) is 1.18. The van der Waals surface area contributed by atoms with Gasteiger partial charge in [0.05, 0.1) is 5.69 Å². The summed E-state index contributed by atoms with van der Waals surface area (Å²) < 4.78 is 0. The van der Waals surface area contributed by atoms with E-state index in [9.17, 15) is 4.79 Å². The van der Waals surface area contributed by atoms with Gasteiger partial charge in [-0.2, -0.15) is 0 Å². The molecule has 1 aromatic heterocycles. The first-order valence-electron chi connectivity index (χ1n) is 5.81. The third kappa shape index (κ3) is 2.47. The van der Waals surface area contributed by atoms with Crippen molar-refractivity contribution in [2.45, 2.75) is 0 Å². The van der Waals surface area contributed by atoms with Crippen LogP contribution in [0.25, 0.3) is 6.08 Å². The Morgan fingerprint density at radius 1 is 1.25 bits per heavy atom. The van der Waals surface area contributed by atoms with Crippen molar-refractivity contribution in [3.63, 3.8) is 0 Å². The standard InChI is InChI=1S/C14H9ClN2OS2/c15-9-3-5-10(6-4-9)17-13(18)12(16-14(17)19)8-11-2-1-7-20-11/h1-8H,(H,16,19). The highest BCUT2D eigenvalue weighted by molar-refractivity contribution is 7.80. The van der Waals surface area contributed by atoms with E-state index in [-0.39, 0.29) is 5.91 Å². The molecule has 100 valence electrons. The second kappa shape index (κ2) is 5.36. The van der Waals surface area contributed by atoms with Gasteiger partial charge in [0, 0.05) is 9.90 Å². The molecule has 1 aliphatic rings. The minimum absolute atomic E-state index is 0.161. The van der Waals surface area contributed by atoms with Crippen LogP contribution in [0.15, 0.2) is 47.5 Å². The summed E-state index contributed by atoms with van der Waals surface area (Å²) >= 11 is 12.6. The fourth-order valence-corrected chi connectivity index (χ4v) is 2.96. The summed E-state index contributed by atoms with van der Waals surface area (Å²) in [6.45, 7) is 0.